The largest absolute Gasteiger partial charge is 0.466 e. The molecule has 0 spiro atoms. The predicted molar refractivity (Wildman–Crippen MR) is 152 cm³/mol. The molecule has 0 radical (unpaired) electrons. The number of benzene rings is 2. The Morgan fingerprint density at radius 2 is 1.56 bits per heavy atom. The summed E-state index contributed by atoms with van der Waals surface area (Å²) in [4.78, 5) is 54.2. The number of ether oxygens (including phenoxy) is 2. The van der Waals surface area contributed by atoms with Gasteiger partial charge in [0.2, 0.25) is 5.91 Å². The molecule has 1 aromatic heterocycles. The molecule has 0 fully saturated rings. The standard InChI is InChI=1S/C25H30N4O4.C4H8O2/c1-25(2,3)33-23(31)16-29(19-12-10-18(11-13-19)28(4)5)22(30)15-26-24(32)21-14-17-8-6-7-9-20(17)27-21;1-3-6-4(2)5/h6-14,27H,15-16H2,1-5H3,(H,26,32);3H2,1-2H3. The molecule has 210 valence electrons. The number of anilines is 2. The highest BCUT2D eigenvalue weighted by Crippen LogP contribution is 2.20. The van der Waals surface area contributed by atoms with E-state index in [0.29, 0.717) is 18.0 Å². The maximum Gasteiger partial charge on any atom is 0.326 e. The van der Waals surface area contributed by atoms with Crippen LogP contribution in [0.1, 0.15) is 45.1 Å². The quantitative estimate of drug-likeness (QED) is 0.417. The van der Waals surface area contributed by atoms with Gasteiger partial charge in [0.25, 0.3) is 5.91 Å². The smallest absolute Gasteiger partial charge is 0.326 e. The Bertz CT molecular complexity index is 1240. The van der Waals surface area contributed by atoms with E-state index in [0.717, 1.165) is 16.6 Å². The highest BCUT2D eigenvalue weighted by molar-refractivity contribution is 6.03. The van der Waals surface area contributed by atoms with Crippen LogP contribution in [0.4, 0.5) is 11.4 Å². The summed E-state index contributed by atoms with van der Waals surface area (Å²) in [5.41, 5.74) is 2.01. The van der Waals surface area contributed by atoms with Crippen LogP contribution in [-0.2, 0) is 23.9 Å². The third kappa shape index (κ3) is 10.1. The maximum atomic E-state index is 13.1. The van der Waals surface area contributed by atoms with Gasteiger partial charge in [-0.05, 0) is 64.1 Å². The third-order valence-electron chi connectivity index (χ3n) is 5.21. The molecule has 0 atom stereocenters. The second-order valence-corrected chi connectivity index (χ2v) is 9.85. The first kappa shape index (κ1) is 30.9. The molecule has 10 nitrogen and oxygen atoms in total. The van der Waals surface area contributed by atoms with Gasteiger partial charge in [-0.3, -0.25) is 24.1 Å². The van der Waals surface area contributed by atoms with Crippen molar-refractivity contribution in [1.82, 2.24) is 10.3 Å². The Morgan fingerprint density at radius 3 is 2.08 bits per heavy atom. The van der Waals surface area contributed by atoms with Crippen LogP contribution >= 0.6 is 0 Å². The van der Waals surface area contributed by atoms with Crippen molar-refractivity contribution in [1.29, 1.82) is 0 Å². The Hall–Kier alpha value is -4.34. The zero-order valence-electron chi connectivity index (χ0n) is 23.7. The summed E-state index contributed by atoms with van der Waals surface area (Å²) in [5.74, 6) is -1.57. The van der Waals surface area contributed by atoms with Gasteiger partial charge in [-0.15, -0.1) is 0 Å². The monoisotopic (exact) mass is 538 g/mol. The molecule has 39 heavy (non-hydrogen) atoms. The van der Waals surface area contributed by atoms with Crippen LogP contribution in [0.3, 0.4) is 0 Å². The van der Waals surface area contributed by atoms with E-state index in [2.05, 4.69) is 15.0 Å². The molecule has 0 aliphatic rings. The molecular formula is C29H38N4O6. The molecule has 3 rings (SSSR count). The lowest BCUT2D eigenvalue weighted by Crippen LogP contribution is -2.44. The number of aromatic nitrogens is 1. The fourth-order valence-corrected chi connectivity index (χ4v) is 3.50. The molecule has 3 aromatic rings. The minimum absolute atomic E-state index is 0.211. The summed E-state index contributed by atoms with van der Waals surface area (Å²) < 4.78 is 9.80. The van der Waals surface area contributed by atoms with E-state index < -0.39 is 23.4 Å². The number of hydrogen-bond donors (Lipinski definition) is 2. The summed E-state index contributed by atoms with van der Waals surface area (Å²) in [6, 6.07) is 16.5. The predicted octanol–water partition coefficient (Wildman–Crippen LogP) is 3.91. The lowest BCUT2D eigenvalue weighted by molar-refractivity contribution is -0.153. The van der Waals surface area contributed by atoms with Crippen molar-refractivity contribution in [2.24, 2.45) is 0 Å². The molecule has 2 aromatic carbocycles. The number of H-pyrrole nitrogens is 1. The van der Waals surface area contributed by atoms with E-state index in [4.69, 9.17) is 4.74 Å². The van der Waals surface area contributed by atoms with Crippen LogP contribution in [0, 0.1) is 0 Å². The summed E-state index contributed by atoms with van der Waals surface area (Å²) in [7, 11) is 3.83. The van der Waals surface area contributed by atoms with E-state index in [1.807, 2.05) is 55.4 Å². The van der Waals surface area contributed by atoms with Crippen LogP contribution < -0.4 is 15.1 Å². The van der Waals surface area contributed by atoms with Crippen molar-refractivity contribution in [2.45, 2.75) is 40.2 Å². The Balaban J connectivity index is 0.000000798. The minimum atomic E-state index is -0.676. The first-order valence-corrected chi connectivity index (χ1v) is 12.6. The molecule has 0 unspecified atom stereocenters. The van der Waals surface area contributed by atoms with E-state index in [-0.39, 0.29) is 19.1 Å². The molecule has 1 heterocycles. The molecule has 10 heteroatoms. The highest BCUT2D eigenvalue weighted by atomic mass is 16.6. The summed E-state index contributed by atoms with van der Waals surface area (Å²) in [5, 5.41) is 3.54. The average molecular weight is 539 g/mol. The van der Waals surface area contributed by atoms with Crippen LogP contribution in [0.15, 0.2) is 54.6 Å². The second kappa shape index (κ2) is 14.0. The van der Waals surface area contributed by atoms with Crippen molar-refractivity contribution in [2.75, 3.05) is 43.6 Å². The molecule has 0 bridgehead atoms. The second-order valence-electron chi connectivity index (χ2n) is 9.85. The van der Waals surface area contributed by atoms with Crippen LogP contribution in [0.2, 0.25) is 0 Å². The maximum absolute atomic E-state index is 13.1. The van der Waals surface area contributed by atoms with Gasteiger partial charge >= 0.3 is 11.9 Å². The SMILES string of the molecule is CCOC(C)=O.CN(C)c1ccc(N(CC(=O)OC(C)(C)C)C(=O)CNC(=O)c2cc3ccccc3[nH]2)cc1. The van der Waals surface area contributed by atoms with Gasteiger partial charge in [-0.2, -0.15) is 0 Å². The number of aromatic amines is 1. The number of nitrogens with one attached hydrogen (secondary N) is 2. The van der Waals surface area contributed by atoms with Gasteiger partial charge in [0.1, 0.15) is 17.8 Å². The molecular weight excluding hydrogens is 500 g/mol. The average Bonchev–Trinajstić information content (AvgIpc) is 3.29. The Kier molecular flexibility index (Phi) is 11.1. The van der Waals surface area contributed by atoms with Gasteiger partial charge in [0, 0.05) is 43.3 Å². The Morgan fingerprint density at radius 1 is 0.949 bits per heavy atom. The fraction of sp³-hybridized carbons (Fsp3) is 0.379. The van der Waals surface area contributed by atoms with Crippen molar-refractivity contribution in [3.05, 3.63) is 60.3 Å². The lowest BCUT2D eigenvalue weighted by atomic mass is 10.2. The lowest BCUT2D eigenvalue weighted by Gasteiger charge is -2.26. The van der Waals surface area contributed by atoms with Crippen molar-refractivity contribution < 1.29 is 28.7 Å². The number of amides is 2. The van der Waals surface area contributed by atoms with Gasteiger partial charge < -0.3 is 24.7 Å². The highest BCUT2D eigenvalue weighted by Gasteiger charge is 2.24. The molecule has 0 aliphatic carbocycles. The zero-order chi connectivity index (χ0) is 29.2. The van der Waals surface area contributed by atoms with Gasteiger partial charge in [0.15, 0.2) is 0 Å². The summed E-state index contributed by atoms with van der Waals surface area (Å²) in [6.07, 6.45) is 0. The van der Waals surface area contributed by atoms with Gasteiger partial charge in [0.05, 0.1) is 13.2 Å². The first-order chi connectivity index (χ1) is 18.3. The molecule has 0 saturated carbocycles. The molecule has 2 amide bonds. The summed E-state index contributed by atoms with van der Waals surface area (Å²) >= 11 is 0. The van der Waals surface area contributed by atoms with Crippen molar-refractivity contribution in [3.63, 3.8) is 0 Å². The van der Waals surface area contributed by atoms with Gasteiger partial charge in [-0.1, -0.05) is 18.2 Å². The minimum Gasteiger partial charge on any atom is -0.466 e. The van der Waals surface area contributed by atoms with Crippen LogP contribution in [-0.4, -0.2) is 68.1 Å². The third-order valence-corrected chi connectivity index (χ3v) is 5.21. The number of rotatable bonds is 8. The molecule has 2 N–H and O–H groups in total. The van der Waals surface area contributed by atoms with Crippen molar-refractivity contribution in [3.8, 4) is 0 Å². The zero-order valence-corrected chi connectivity index (χ0v) is 23.7. The number of esters is 2. The molecule has 0 aliphatic heterocycles. The number of carbonyl (C=O) groups excluding carboxylic acids is 4. The van der Waals surface area contributed by atoms with E-state index in [1.54, 1.807) is 45.9 Å². The number of para-hydroxylation sites is 1. The first-order valence-electron chi connectivity index (χ1n) is 12.6. The van der Waals surface area contributed by atoms with E-state index in [1.165, 1.54) is 11.8 Å². The summed E-state index contributed by atoms with van der Waals surface area (Å²) in [6.45, 7) is 8.42. The van der Waals surface area contributed by atoms with Crippen LogP contribution in [0.5, 0.6) is 0 Å². The number of fused-ring (bicyclic) bond motifs is 1. The number of carbonyl (C=O) groups is 4. The van der Waals surface area contributed by atoms with E-state index >= 15 is 0 Å². The van der Waals surface area contributed by atoms with Crippen molar-refractivity contribution >= 4 is 46.0 Å². The molecule has 0 saturated heterocycles. The number of hydrogen-bond acceptors (Lipinski definition) is 7. The van der Waals surface area contributed by atoms with E-state index in [9.17, 15) is 19.2 Å². The Labute approximate surface area is 229 Å². The topological polar surface area (TPSA) is 121 Å². The fourth-order valence-electron chi connectivity index (χ4n) is 3.50. The normalized spacial score (nSPS) is 10.6. The van der Waals surface area contributed by atoms with Crippen LogP contribution in [0.25, 0.3) is 10.9 Å². The number of nitrogens with zero attached hydrogens (tertiary/aromatic N) is 2. The van der Waals surface area contributed by atoms with Gasteiger partial charge in [-0.25, -0.2) is 0 Å².